The number of pyridine rings is 1. The van der Waals surface area contributed by atoms with Gasteiger partial charge in [0.25, 0.3) is 5.91 Å². The monoisotopic (exact) mass is 642 g/mol. The lowest BCUT2D eigenvalue weighted by molar-refractivity contribution is 0.0445. The number of aromatic nitrogens is 3. The Kier molecular flexibility index (Phi) is 6.88. The summed E-state index contributed by atoms with van der Waals surface area (Å²) in [6.45, 7) is 9.03. The molecule has 2 unspecified atom stereocenters. The number of carbonyl (C=O) groups excluding carboxylic acids is 2. The molecule has 4 fully saturated rings. The number of nitrogens with one attached hydrogen (secondary N) is 1. The third kappa shape index (κ3) is 5.32. The first-order valence-electron chi connectivity index (χ1n) is 16.9. The summed E-state index contributed by atoms with van der Waals surface area (Å²) in [5.74, 6) is 0.781. The van der Waals surface area contributed by atoms with E-state index in [1.807, 2.05) is 59.5 Å². The molecule has 2 N–H and O–H groups in total. The number of fused-ring (bicyclic) bond motifs is 4. The van der Waals surface area contributed by atoms with Crippen LogP contribution in [0.2, 0.25) is 0 Å². The third-order valence-corrected chi connectivity index (χ3v) is 10.5. The number of piperidine rings is 1. The second kappa shape index (κ2) is 10.7. The maximum Gasteiger partial charge on any atom is 0.407 e. The average molecular weight is 643 g/mol. The van der Waals surface area contributed by atoms with Gasteiger partial charge in [-0.25, -0.2) is 13.7 Å². The van der Waals surface area contributed by atoms with Gasteiger partial charge in [0.05, 0.1) is 54.1 Å². The van der Waals surface area contributed by atoms with Crippen molar-refractivity contribution in [1.29, 1.82) is 0 Å². The van der Waals surface area contributed by atoms with Crippen LogP contribution in [-0.2, 0) is 11.3 Å². The molecule has 2 amide bonds. The van der Waals surface area contributed by atoms with Crippen LogP contribution in [0.25, 0.3) is 27.8 Å². The molecule has 2 saturated heterocycles. The number of amides is 2. The van der Waals surface area contributed by atoms with Gasteiger partial charge in [0.15, 0.2) is 5.67 Å². The molecular weight excluding hydrogens is 599 g/mol. The number of ether oxygens (including phenoxy) is 1. The van der Waals surface area contributed by atoms with Crippen molar-refractivity contribution in [3.05, 3.63) is 53.7 Å². The quantitative estimate of drug-likeness (QED) is 0.283. The number of hydrogen-bond acceptors (Lipinski definition) is 6. The molecule has 0 radical (unpaired) electrons. The number of hydrogen-bond donors (Lipinski definition) is 2. The Morgan fingerprint density at radius 3 is 2.60 bits per heavy atom. The summed E-state index contributed by atoms with van der Waals surface area (Å²) in [4.78, 5) is 30.3. The lowest BCUT2D eigenvalue weighted by atomic mass is 9.96. The van der Waals surface area contributed by atoms with Crippen molar-refractivity contribution in [1.82, 2.24) is 24.4 Å². The molecule has 5 heterocycles. The van der Waals surface area contributed by atoms with Crippen molar-refractivity contribution in [2.75, 3.05) is 31.1 Å². The van der Waals surface area contributed by atoms with E-state index in [1.54, 1.807) is 0 Å². The van der Waals surface area contributed by atoms with Crippen LogP contribution in [0.15, 0.2) is 42.6 Å². The van der Waals surface area contributed by atoms with Gasteiger partial charge in [-0.15, -0.1) is 0 Å². The van der Waals surface area contributed by atoms with Gasteiger partial charge >= 0.3 is 6.09 Å². The van der Waals surface area contributed by atoms with Gasteiger partial charge < -0.3 is 29.5 Å². The van der Waals surface area contributed by atoms with E-state index >= 15 is 0 Å². The number of anilines is 1. The summed E-state index contributed by atoms with van der Waals surface area (Å²) in [5.41, 5.74) is 4.39. The number of aliphatic hydroxyl groups excluding tert-OH is 1. The first kappa shape index (κ1) is 30.2. The zero-order valence-corrected chi connectivity index (χ0v) is 27.5. The van der Waals surface area contributed by atoms with Gasteiger partial charge in [0.2, 0.25) is 0 Å². The average Bonchev–Trinajstić information content (AvgIpc) is 3.37. The predicted octanol–water partition coefficient (Wildman–Crippen LogP) is 5.32. The molecule has 4 aliphatic rings. The van der Waals surface area contributed by atoms with Gasteiger partial charge in [-0.3, -0.25) is 4.79 Å². The summed E-state index contributed by atoms with van der Waals surface area (Å²) in [6, 6.07) is 12.1. The standard InChI is InChI=1S/C36H43FN6O4/c1-21-27-11-9-25(33(45)42-16-24-8-12-28(42)32(24)38-34(46)47-35(2,3)4)17-43(27)39-31(21)30-13-23-7-10-26(40-18-36(37,19-40)20-44)14-29(23)41(30)15-22-5-6-22/h7,9-11,13-14,17,22,24,28,32,44H,5-6,8,12,15-16,18-20H2,1-4H3,(H,38,46)/t24?,28?,32-/m1/s1. The van der Waals surface area contributed by atoms with Crippen LogP contribution in [0.1, 0.15) is 62.4 Å². The second-order valence-electron chi connectivity index (χ2n) is 15.2. The maximum atomic E-state index is 14.5. The van der Waals surface area contributed by atoms with Gasteiger partial charge in [0, 0.05) is 35.9 Å². The lowest BCUT2D eigenvalue weighted by Gasteiger charge is -2.44. The molecule has 2 aliphatic carbocycles. The highest BCUT2D eigenvalue weighted by Gasteiger charge is 2.50. The Hall–Kier alpha value is -4.12. The van der Waals surface area contributed by atoms with Crippen molar-refractivity contribution in [3.63, 3.8) is 0 Å². The molecule has 2 saturated carbocycles. The first-order valence-corrected chi connectivity index (χ1v) is 16.9. The molecule has 3 aromatic heterocycles. The lowest BCUT2D eigenvalue weighted by Crippen LogP contribution is -2.61. The minimum Gasteiger partial charge on any atom is -0.444 e. The fourth-order valence-corrected chi connectivity index (χ4v) is 7.91. The molecule has 47 heavy (non-hydrogen) atoms. The molecule has 2 aliphatic heterocycles. The fourth-order valence-electron chi connectivity index (χ4n) is 7.91. The molecule has 0 spiro atoms. The predicted molar refractivity (Wildman–Crippen MR) is 177 cm³/mol. The van der Waals surface area contributed by atoms with Crippen LogP contribution >= 0.6 is 0 Å². The summed E-state index contributed by atoms with van der Waals surface area (Å²) >= 11 is 0. The van der Waals surface area contributed by atoms with Gasteiger partial charge in [-0.1, -0.05) is 6.07 Å². The Bertz CT molecular complexity index is 1900. The SMILES string of the molecule is Cc1c(-c2cc3ccc(N4CC(F)(CO)C4)cc3n2CC2CC2)nn2cc(C(=O)N3CC4CCC3[C@@H]4NC(=O)OC(C)(C)C)ccc12. The second-order valence-corrected chi connectivity index (χ2v) is 15.2. The van der Waals surface area contributed by atoms with Gasteiger partial charge in [-0.2, -0.15) is 5.10 Å². The Morgan fingerprint density at radius 2 is 1.87 bits per heavy atom. The van der Waals surface area contributed by atoms with Crippen molar-refractivity contribution in [2.24, 2.45) is 11.8 Å². The molecular formula is C36H43FN6O4. The molecule has 248 valence electrons. The number of likely N-dealkylation sites (tertiary alicyclic amines) is 1. The van der Waals surface area contributed by atoms with Crippen LogP contribution in [-0.4, -0.2) is 85.8 Å². The molecule has 3 atom stereocenters. The molecule has 8 rings (SSSR count). The highest BCUT2D eigenvalue weighted by Crippen LogP contribution is 2.41. The normalized spacial score (nSPS) is 23.5. The van der Waals surface area contributed by atoms with Crippen molar-refractivity contribution >= 4 is 34.1 Å². The van der Waals surface area contributed by atoms with E-state index in [-0.39, 0.29) is 37.0 Å². The van der Waals surface area contributed by atoms with Gasteiger partial charge in [0.1, 0.15) is 11.3 Å². The van der Waals surface area contributed by atoms with Crippen LogP contribution in [0, 0.1) is 18.8 Å². The number of nitrogens with zero attached hydrogens (tertiary/aromatic N) is 5. The Balaban J connectivity index is 1.08. The van der Waals surface area contributed by atoms with E-state index in [4.69, 9.17) is 9.84 Å². The highest BCUT2D eigenvalue weighted by molar-refractivity contribution is 5.95. The third-order valence-electron chi connectivity index (χ3n) is 10.5. The van der Waals surface area contributed by atoms with Crippen LogP contribution < -0.4 is 10.2 Å². The number of alkyl halides is 1. The highest BCUT2D eigenvalue weighted by atomic mass is 19.1. The first-order chi connectivity index (χ1) is 22.4. The van der Waals surface area contributed by atoms with E-state index < -0.39 is 24.0 Å². The smallest absolute Gasteiger partial charge is 0.407 e. The van der Waals surface area contributed by atoms with E-state index in [0.717, 1.165) is 58.4 Å². The van der Waals surface area contributed by atoms with Crippen LogP contribution in [0.4, 0.5) is 14.9 Å². The maximum absolute atomic E-state index is 14.5. The van der Waals surface area contributed by atoms with Crippen molar-refractivity contribution in [3.8, 4) is 11.4 Å². The zero-order chi connectivity index (χ0) is 32.8. The number of rotatable bonds is 7. The number of halogens is 1. The van der Waals surface area contributed by atoms with E-state index in [9.17, 15) is 19.1 Å². The summed E-state index contributed by atoms with van der Waals surface area (Å²) in [5, 5.41) is 18.6. The summed E-state index contributed by atoms with van der Waals surface area (Å²) in [6.07, 6.45) is 5.63. The van der Waals surface area contributed by atoms with E-state index in [2.05, 4.69) is 35.0 Å². The van der Waals surface area contributed by atoms with Gasteiger partial charge in [-0.05, 0) is 95.5 Å². The Labute approximate surface area is 273 Å². The van der Waals surface area contributed by atoms with E-state index in [0.29, 0.717) is 18.0 Å². The van der Waals surface area contributed by atoms with Crippen molar-refractivity contribution < 1.29 is 23.8 Å². The number of aliphatic hydroxyl groups is 1. The number of benzene rings is 1. The number of carbonyl (C=O) groups is 2. The molecule has 1 aromatic carbocycles. The molecule has 11 heteroatoms. The van der Waals surface area contributed by atoms with Crippen LogP contribution in [0.3, 0.4) is 0 Å². The zero-order valence-electron chi connectivity index (χ0n) is 27.5. The largest absolute Gasteiger partial charge is 0.444 e. The number of alkyl carbamates (subject to hydrolysis) is 1. The fraction of sp³-hybridized carbons (Fsp3) is 0.528. The van der Waals surface area contributed by atoms with Crippen LogP contribution in [0.5, 0.6) is 0 Å². The topological polar surface area (TPSA) is 104 Å². The molecule has 4 aromatic rings. The Morgan fingerprint density at radius 1 is 1.09 bits per heavy atom. The van der Waals surface area contributed by atoms with E-state index in [1.165, 1.54) is 12.8 Å². The minimum atomic E-state index is -1.53. The summed E-state index contributed by atoms with van der Waals surface area (Å²) < 4.78 is 24.2. The minimum absolute atomic E-state index is 0.0512. The van der Waals surface area contributed by atoms with Crippen molar-refractivity contribution in [2.45, 2.75) is 83.3 Å². The summed E-state index contributed by atoms with van der Waals surface area (Å²) in [7, 11) is 0. The number of aryl methyl sites for hydroxylation is 1. The molecule has 2 bridgehead atoms. The molecule has 10 nitrogen and oxygen atoms in total.